The topological polar surface area (TPSA) is 49.4 Å². The van der Waals surface area contributed by atoms with Gasteiger partial charge in [0.05, 0.1) is 4.88 Å². The van der Waals surface area contributed by atoms with Gasteiger partial charge in [0, 0.05) is 11.4 Å². The van der Waals surface area contributed by atoms with E-state index in [0.717, 1.165) is 28.8 Å². The summed E-state index contributed by atoms with van der Waals surface area (Å²) >= 11 is 1.40. The van der Waals surface area contributed by atoms with Crippen molar-refractivity contribution in [3.63, 3.8) is 0 Å². The molecule has 28 heavy (non-hydrogen) atoms. The van der Waals surface area contributed by atoms with Crippen LogP contribution >= 0.6 is 11.3 Å². The van der Waals surface area contributed by atoms with Crippen LogP contribution in [0.2, 0.25) is 0 Å². The monoisotopic (exact) mass is 408 g/mol. The van der Waals surface area contributed by atoms with Gasteiger partial charge < -0.3 is 10.2 Å². The summed E-state index contributed by atoms with van der Waals surface area (Å²) in [4.78, 5) is 28.2. The number of likely N-dealkylation sites (tertiary alicyclic amines) is 1. The zero-order valence-corrected chi connectivity index (χ0v) is 15.8. The number of aryl methyl sites for hydroxylation is 2. The van der Waals surface area contributed by atoms with Crippen LogP contribution in [0.5, 0.6) is 0 Å². The average molecular weight is 408 g/mol. The molecule has 2 aromatic rings. The van der Waals surface area contributed by atoms with Gasteiger partial charge in [0.2, 0.25) is 5.91 Å². The third-order valence-corrected chi connectivity index (χ3v) is 6.42. The first-order chi connectivity index (χ1) is 13.3. The van der Waals surface area contributed by atoms with Crippen molar-refractivity contribution in [3.8, 4) is 10.4 Å². The summed E-state index contributed by atoms with van der Waals surface area (Å²) in [7, 11) is 0. The van der Waals surface area contributed by atoms with Crippen LogP contribution in [0.15, 0.2) is 30.3 Å². The van der Waals surface area contributed by atoms with Crippen LogP contribution in [0.3, 0.4) is 0 Å². The zero-order valence-electron chi connectivity index (χ0n) is 15.0. The van der Waals surface area contributed by atoms with Crippen LogP contribution in [0.25, 0.3) is 10.4 Å². The molecule has 2 amide bonds. The number of hydrogen-bond acceptors (Lipinski definition) is 3. The Morgan fingerprint density at radius 1 is 1.18 bits per heavy atom. The molecule has 1 fully saturated rings. The van der Waals surface area contributed by atoms with Gasteiger partial charge in [-0.3, -0.25) is 9.59 Å². The normalized spacial score (nSPS) is 18.5. The first-order valence-electron chi connectivity index (χ1n) is 9.20. The van der Waals surface area contributed by atoms with Gasteiger partial charge in [0.1, 0.15) is 12.6 Å². The first kappa shape index (κ1) is 19.0. The largest absolute Gasteiger partial charge is 0.405 e. The Bertz CT molecular complexity index is 922. The fraction of sp³-hybridized carbons (Fsp3) is 0.400. The Labute approximate surface area is 164 Å². The third kappa shape index (κ3) is 3.65. The lowest BCUT2D eigenvalue weighted by atomic mass is 9.91. The fourth-order valence-electron chi connectivity index (χ4n) is 3.91. The Kier molecular flexibility index (Phi) is 4.91. The molecule has 0 spiro atoms. The molecular weight excluding hydrogens is 389 g/mol. The number of rotatable bonds is 3. The number of fused-ring (bicyclic) bond motifs is 3. The maximum absolute atomic E-state index is 13.0. The standard InChI is InChI=1S/C20H19F3N2O2S/c21-20(22,23)11-24-18(26)15-6-3-9-25(15)19(27)16-10-13-8-7-12-4-1-2-5-14(12)17(13)28-16/h1-2,4-5,10,15H,3,6-9,11H2,(H,24,26). The molecule has 0 bridgehead atoms. The van der Waals surface area contributed by atoms with E-state index >= 15 is 0 Å². The Morgan fingerprint density at radius 2 is 1.93 bits per heavy atom. The zero-order chi connectivity index (χ0) is 19.9. The summed E-state index contributed by atoms with van der Waals surface area (Å²) in [5.74, 6) is -1.02. The molecule has 1 aromatic carbocycles. The van der Waals surface area contributed by atoms with E-state index in [2.05, 4.69) is 6.07 Å². The Morgan fingerprint density at radius 3 is 2.71 bits per heavy atom. The predicted octanol–water partition coefficient (Wildman–Crippen LogP) is 3.80. The van der Waals surface area contributed by atoms with E-state index in [0.29, 0.717) is 24.3 Å². The minimum absolute atomic E-state index is 0.276. The first-order valence-corrected chi connectivity index (χ1v) is 10.0. The molecule has 0 saturated carbocycles. The average Bonchev–Trinajstić information content (AvgIpc) is 3.32. The lowest BCUT2D eigenvalue weighted by molar-refractivity contribution is -0.140. The second kappa shape index (κ2) is 7.24. The molecule has 1 unspecified atom stereocenters. The van der Waals surface area contributed by atoms with E-state index in [1.165, 1.54) is 21.8 Å². The van der Waals surface area contributed by atoms with E-state index < -0.39 is 24.7 Å². The van der Waals surface area contributed by atoms with Crippen LogP contribution in [0, 0.1) is 0 Å². The van der Waals surface area contributed by atoms with Gasteiger partial charge in [0.15, 0.2) is 0 Å². The summed E-state index contributed by atoms with van der Waals surface area (Å²) in [5, 5.41) is 1.91. The van der Waals surface area contributed by atoms with Crippen molar-refractivity contribution < 1.29 is 22.8 Å². The number of amides is 2. The molecule has 4 nitrogen and oxygen atoms in total. The van der Waals surface area contributed by atoms with Crippen molar-refractivity contribution in [1.29, 1.82) is 0 Å². The van der Waals surface area contributed by atoms with Gasteiger partial charge in [-0.05, 0) is 48.4 Å². The number of halogens is 3. The molecule has 1 aromatic heterocycles. The van der Waals surface area contributed by atoms with E-state index in [1.54, 1.807) is 0 Å². The molecule has 148 valence electrons. The van der Waals surface area contributed by atoms with Gasteiger partial charge in [-0.25, -0.2) is 0 Å². The van der Waals surface area contributed by atoms with Crippen LogP contribution in [0.4, 0.5) is 13.2 Å². The number of alkyl halides is 3. The number of nitrogens with zero attached hydrogens (tertiary/aromatic N) is 1. The van der Waals surface area contributed by atoms with Crippen molar-refractivity contribution >= 4 is 23.2 Å². The highest BCUT2D eigenvalue weighted by molar-refractivity contribution is 7.17. The number of nitrogens with one attached hydrogen (secondary N) is 1. The van der Waals surface area contributed by atoms with Crippen molar-refractivity contribution in [1.82, 2.24) is 10.2 Å². The van der Waals surface area contributed by atoms with E-state index in [1.807, 2.05) is 29.6 Å². The molecule has 2 aliphatic rings. The lowest BCUT2D eigenvalue weighted by Crippen LogP contribution is -2.47. The SMILES string of the molecule is O=C(NCC(F)(F)F)C1CCCN1C(=O)c1cc2c(s1)-c1ccccc1CC2. The van der Waals surface area contributed by atoms with Crippen LogP contribution in [0.1, 0.15) is 33.6 Å². The number of benzene rings is 1. The Balaban J connectivity index is 1.54. The quantitative estimate of drug-likeness (QED) is 0.840. The van der Waals surface area contributed by atoms with E-state index in [9.17, 15) is 22.8 Å². The number of carbonyl (C=O) groups excluding carboxylic acids is 2. The maximum atomic E-state index is 13.0. The highest BCUT2D eigenvalue weighted by atomic mass is 32.1. The second-order valence-corrected chi connectivity index (χ2v) is 8.16. The van der Waals surface area contributed by atoms with E-state index in [-0.39, 0.29) is 5.91 Å². The molecule has 0 radical (unpaired) electrons. The number of thiophene rings is 1. The molecule has 1 saturated heterocycles. The van der Waals surface area contributed by atoms with Gasteiger partial charge in [-0.15, -0.1) is 11.3 Å². The second-order valence-electron chi connectivity index (χ2n) is 7.11. The molecule has 1 atom stereocenters. The fourth-order valence-corrected chi connectivity index (χ4v) is 5.13. The highest BCUT2D eigenvalue weighted by Gasteiger charge is 2.37. The summed E-state index contributed by atoms with van der Waals surface area (Å²) in [6, 6.07) is 9.12. The van der Waals surface area contributed by atoms with Crippen molar-refractivity contribution in [2.45, 2.75) is 37.9 Å². The van der Waals surface area contributed by atoms with Crippen molar-refractivity contribution in [2.24, 2.45) is 0 Å². The summed E-state index contributed by atoms with van der Waals surface area (Å²) in [6.45, 7) is -1.00. The minimum Gasteiger partial charge on any atom is -0.345 e. The molecule has 4 rings (SSSR count). The third-order valence-electron chi connectivity index (χ3n) is 5.22. The van der Waals surface area contributed by atoms with E-state index in [4.69, 9.17) is 0 Å². The minimum atomic E-state index is -4.47. The van der Waals surface area contributed by atoms with Crippen molar-refractivity contribution in [2.75, 3.05) is 13.1 Å². The molecule has 1 aliphatic heterocycles. The van der Waals surface area contributed by atoms with Crippen LogP contribution in [-0.4, -0.2) is 42.0 Å². The maximum Gasteiger partial charge on any atom is 0.405 e. The predicted molar refractivity (Wildman–Crippen MR) is 100 cm³/mol. The van der Waals surface area contributed by atoms with Crippen LogP contribution in [-0.2, 0) is 17.6 Å². The lowest BCUT2D eigenvalue weighted by Gasteiger charge is -2.23. The molecule has 8 heteroatoms. The molecule has 1 N–H and O–H groups in total. The Hall–Kier alpha value is -2.35. The molecule has 2 heterocycles. The smallest absolute Gasteiger partial charge is 0.345 e. The molecule has 1 aliphatic carbocycles. The summed E-state index contributed by atoms with van der Waals surface area (Å²) in [6.07, 6.45) is -1.72. The number of carbonyl (C=O) groups is 2. The van der Waals surface area contributed by atoms with Gasteiger partial charge in [-0.2, -0.15) is 13.2 Å². The van der Waals surface area contributed by atoms with Crippen molar-refractivity contribution in [3.05, 3.63) is 46.3 Å². The van der Waals surface area contributed by atoms with Gasteiger partial charge >= 0.3 is 6.18 Å². The van der Waals surface area contributed by atoms with Gasteiger partial charge in [-0.1, -0.05) is 24.3 Å². The highest BCUT2D eigenvalue weighted by Crippen LogP contribution is 2.40. The summed E-state index contributed by atoms with van der Waals surface area (Å²) in [5.41, 5.74) is 3.50. The number of hydrogen-bond donors (Lipinski definition) is 1. The molecular formula is C20H19F3N2O2S. The van der Waals surface area contributed by atoms with Crippen LogP contribution < -0.4 is 5.32 Å². The summed E-state index contributed by atoms with van der Waals surface area (Å²) < 4.78 is 37.1. The van der Waals surface area contributed by atoms with Gasteiger partial charge in [0.25, 0.3) is 5.91 Å².